The molecule has 2 heterocycles. The van der Waals surface area contributed by atoms with Crippen LogP contribution in [0.1, 0.15) is 21.6 Å². The van der Waals surface area contributed by atoms with Crippen molar-refractivity contribution in [3.63, 3.8) is 0 Å². The Bertz CT molecular complexity index is 1190. The van der Waals surface area contributed by atoms with E-state index in [9.17, 15) is 4.79 Å². The van der Waals surface area contributed by atoms with Gasteiger partial charge in [-0.2, -0.15) is 0 Å². The molecule has 2 aromatic heterocycles. The fraction of sp³-hybridized carbons (Fsp3) is 0.0952. The lowest BCUT2D eigenvalue weighted by Crippen LogP contribution is -2.14. The van der Waals surface area contributed by atoms with Crippen molar-refractivity contribution in [2.75, 3.05) is 5.32 Å². The van der Waals surface area contributed by atoms with Gasteiger partial charge in [0.15, 0.2) is 0 Å². The summed E-state index contributed by atoms with van der Waals surface area (Å²) in [7, 11) is 0. The molecule has 4 aromatic rings. The quantitative estimate of drug-likeness (QED) is 0.501. The molecule has 0 bridgehead atoms. The second kappa shape index (κ2) is 7.92. The highest BCUT2D eigenvalue weighted by molar-refractivity contribution is 9.10. The predicted octanol–water partition coefficient (Wildman–Crippen LogP) is 4.36. The van der Waals surface area contributed by atoms with Crippen LogP contribution < -0.4 is 5.32 Å². The second-order valence-electron chi connectivity index (χ2n) is 6.55. The molecule has 0 aliphatic carbocycles. The number of aromatic nitrogens is 5. The number of nitrogens with one attached hydrogen (secondary N) is 1. The highest BCUT2D eigenvalue weighted by Gasteiger charge is 2.13. The van der Waals surface area contributed by atoms with Crippen molar-refractivity contribution in [3.05, 3.63) is 82.2 Å². The third-order valence-corrected chi connectivity index (χ3v) is 4.99. The summed E-state index contributed by atoms with van der Waals surface area (Å²) in [4.78, 5) is 17.4. The zero-order valence-electron chi connectivity index (χ0n) is 15.8. The van der Waals surface area contributed by atoms with Crippen LogP contribution in [0.15, 0.2) is 65.4 Å². The van der Waals surface area contributed by atoms with Crippen LogP contribution in [-0.2, 0) is 0 Å². The SMILES string of the molecule is Cc1cc(NC(=O)c2ccc(-c3cccc(Br)c3)nc2C)ccc1-n1cnnn1. The molecule has 4 rings (SSSR count). The molecule has 29 heavy (non-hydrogen) atoms. The molecule has 1 N–H and O–H groups in total. The number of nitrogens with zero attached hydrogens (tertiary/aromatic N) is 5. The molecule has 0 fully saturated rings. The van der Waals surface area contributed by atoms with E-state index in [-0.39, 0.29) is 5.91 Å². The molecule has 0 radical (unpaired) electrons. The van der Waals surface area contributed by atoms with Crippen molar-refractivity contribution in [2.24, 2.45) is 0 Å². The van der Waals surface area contributed by atoms with Crippen LogP contribution in [0.25, 0.3) is 16.9 Å². The van der Waals surface area contributed by atoms with E-state index in [1.165, 1.54) is 6.33 Å². The Morgan fingerprint density at radius 3 is 2.62 bits per heavy atom. The summed E-state index contributed by atoms with van der Waals surface area (Å²) in [5.74, 6) is -0.203. The molecule has 1 amide bonds. The molecule has 2 aromatic carbocycles. The fourth-order valence-corrected chi connectivity index (χ4v) is 3.47. The minimum atomic E-state index is -0.203. The third kappa shape index (κ3) is 4.07. The van der Waals surface area contributed by atoms with E-state index < -0.39 is 0 Å². The van der Waals surface area contributed by atoms with E-state index in [4.69, 9.17) is 0 Å². The van der Waals surface area contributed by atoms with Crippen LogP contribution in [0.3, 0.4) is 0 Å². The van der Waals surface area contributed by atoms with Crippen LogP contribution in [0.2, 0.25) is 0 Å². The minimum absolute atomic E-state index is 0.203. The smallest absolute Gasteiger partial charge is 0.257 e. The zero-order chi connectivity index (χ0) is 20.4. The van der Waals surface area contributed by atoms with Gasteiger partial charge in [-0.05, 0) is 72.3 Å². The summed E-state index contributed by atoms with van der Waals surface area (Å²) in [5.41, 5.74) is 5.50. The molecule has 0 saturated carbocycles. The normalized spacial score (nSPS) is 10.7. The van der Waals surface area contributed by atoms with E-state index in [2.05, 4.69) is 41.8 Å². The Labute approximate surface area is 175 Å². The van der Waals surface area contributed by atoms with Gasteiger partial charge in [0.05, 0.1) is 22.6 Å². The van der Waals surface area contributed by atoms with Crippen molar-refractivity contribution < 1.29 is 4.79 Å². The number of halogens is 1. The number of benzene rings is 2. The Hall–Kier alpha value is -3.39. The van der Waals surface area contributed by atoms with Gasteiger partial charge in [-0.15, -0.1) is 5.10 Å². The standard InChI is InChI=1S/C21H17BrN6O/c1-13-10-17(6-9-20(13)28-12-23-26-27-28)25-21(29)18-7-8-19(24-14(18)2)15-4-3-5-16(22)11-15/h3-12H,1-2H3,(H,25,29). The first-order chi connectivity index (χ1) is 14.0. The molecule has 0 unspecified atom stereocenters. The third-order valence-electron chi connectivity index (χ3n) is 4.50. The van der Waals surface area contributed by atoms with E-state index >= 15 is 0 Å². The zero-order valence-corrected chi connectivity index (χ0v) is 17.4. The lowest BCUT2D eigenvalue weighted by molar-refractivity contribution is 0.102. The molecule has 7 nitrogen and oxygen atoms in total. The van der Waals surface area contributed by atoms with Gasteiger partial charge >= 0.3 is 0 Å². The van der Waals surface area contributed by atoms with Crippen molar-refractivity contribution >= 4 is 27.5 Å². The highest BCUT2D eigenvalue weighted by Crippen LogP contribution is 2.23. The molecule has 144 valence electrons. The first kappa shape index (κ1) is 18.9. The average Bonchev–Trinajstić information content (AvgIpc) is 3.22. The van der Waals surface area contributed by atoms with Gasteiger partial charge in [0, 0.05) is 15.7 Å². The number of rotatable bonds is 4. The predicted molar refractivity (Wildman–Crippen MR) is 114 cm³/mol. The first-order valence-electron chi connectivity index (χ1n) is 8.90. The Morgan fingerprint density at radius 1 is 1.07 bits per heavy atom. The number of hydrogen-bond donors (Lipinski definition) is 1. The van der Waals surface area contributed by atoms with Gasteiger partial charge in [0.2, 0.25) is 0 Å². The van der Waals surface area contributed by atoms with E-state index in [0.29, 0.717) is 16.9 Å². The van der Waals surface area contributed by atoms with Gasteiger partial charge in [0.25, 0.3) is 5.91 Å². The summed E-state index contributed by atoms with van der Waals surface area (Å²) in [6.45, 7) is 3.77. The molecular formula is C21H17BrN6O. The van der Waals surface area contributed by atoms with Gasteiger partial charge in [-0.3, -0.25) is 9.78 Å². The summed E-state index contributed by atoms with van der Waals surface area (Å²) < 4.78 is 2.56. The highest BCUT2D eigenvalue weighted by atomic mass is 79.9. The number of anilines is 1. The maximum absolute atomic E-state index is 12.8. The lowest BCUT2D eigenvalue weighted by atomic mass is 10.1. The first-order valence-corrected chi connectivity index (χ1v) is 9.69. The number of pyridine rings is 1. The summed E-state index contributed by atoms with van der Waals surface area (Å²) in [5, 5.41) is 14.1. The van der Waals surface area contributed by atoms with E-state index in [0.717, 1.165) is 27.0 Å². The van der Waals surface area contributed by atoms with Crippen LogP contribution in [0.4, 0.5) is 5.69 Å². The minimum Gasteiger partial charge on any atom is -0.322 e. The second-order valence-corrected chi connectivity index (χ2v) is 7.47. The number of aryl methyl sites for hydroxylation is 2. The van der Waals surface area contributed by atoms with Crippen molar-refractivity contribution in [1.82, 2.24) is 25.2 Å². The molecule has 0 saturated heterocycles. The van der Waals surface area contributed by atoms with E-state index in [1.807, 2.05) is 62.4 Å². The van der Waals surface area contributed by atoms with Crippen LogP contribution >= 0.6 is 15.9 Å². The Morgan fingerprint density at radius 2 is 1.93 bits per heavy atom. The average molecular weight is 449 g/mol. The maximum atomic E-state index is 12.8. The molecule has 0 aliphatic rings. The molecule has 0 aliphatic heterocycles. The maximum Gasteiger partial charge on any atom is 0.257 e. The van der Waals surface area contributed by atoms with Gasteiger partial charge in [-0.1, -0.05) is 28.1 Å². The van der Waals surface area contributed by atoms with Crippen molar-refractivity contribution in [1.29, 1.82) is 0 Å². The summed E-state index contributed by atoms with van der Waals surface area (Å²) >= 11 is 3.47. The monoisotopic (exact) mass is 448 g/mol. The molecule has 0 atom stereocenters. The topological polar surface area (TPSA) is 85.6 Å². The molecular weight excluding hydrogens is 432 g/mol. The largest absolute Gasteiger partial charge is 0.322 e. The Balaban J connectivity index is 1.55. The van der Waals surface area contributed by atoms with E-state index in [1.54, 1.807) is 10.7 Å². The molecule has 0 spiro atoms. The van der Waals surface area contributed by atoms with Crippen LogP contribution in [-0.4, -0.2) is 31.1 Å². The number of amides is 1. The van der Waals surface area contributed by atoms with Crippen molar-refractivity contribution in [2.45, 2.75) is 13.8 Å². The van der Waals surface area contributed by atoms with Crippen LogP contribution in [0, 0.1) is 13.8 Å². The number of tetrazole rings is 1. The molecule has 8 heteroatoms. The summed E-state index contributed by atoms with van der Waals surface area (Å²) in [6, 6.07) is 17.1. The van der Waals surface area contributed by atoms with Crippen LogP contribution in [0.5, 0.6) is 0 Å². The van der Waals surface area contributed by atoms with Gasteiger partial charge < -0.3 is 5.32 Å². The lowest BCUT2D eigenvalue weighted by Gasteiger charge is -2.11. The fourth-order valence-electron chi connectivity index (χ4n) is 3.07. The van der Waals surface area contributed by atoms with Crippen molar-refractivity contribution in [3.8, 4) is 16.9 Å². The van der Waals surface area contributed by atoms with Gasteiger partial charge in [-0.25, -0.2) is 4.68 Å². The summed E-state index contributed by atoms with van der Waals surface area (Å²) in [6.07, 6.45) is 1.53. The Kier molecular flexibility index (Phi) is 5.18. The number of carbonyl (C=O) groups excluding carboxylic acids is 1. The number of hydrogen-bond acceptors (Lipinski definition) is 5. The number of carbonyl (C=O) groups is 1. The van der Waals surface area contributed by atoms with Gasteiger partial charge in [0.1, 0.15) is 6.33 Å².